The van der Waals surface area contributed by atoms with Crippen LogP contribution in [0.15, 0.2) is 60.7 Å². The molecule has 1 aliphatic heterocycles. The molecule has 0 unspecified atom stereocenters. The van der Waals surface area contributed by atoms with Crippen LogP contribution in [-0.2, 0) is 12.4 Å². The van der Waals surface area contributed by atoms with Gasteiger partial charge in [-0.3, -0.25) is 4.79 Å². The third-order valence-corrected chi connectivity index (χ3v) is 4.89. The van der Waals surface area contributed by atoms with Gasteiger partial charge in [-0.05, 0) is 47.5 Å². The van der Waals surface area contributed by atoms with Crippen LogP contribution in [0.25, 0.3) is 11.1 Å². The van der Waals surface area contributed by atoms with Crippen molar-refractivity contribution < 1.29 is 40.6 Å². The van der Waals surface area contributed by atoms with Crippen molar-refractivity contribution in [3.63, 3.8) is 0 Å². The van der Waals surface area contributed by atoms with E-state index in [4.69, 9.17) is 9.47 Å². The maximum absolute atomic E-state index is 13.8. The molecule has 0 saturated carbocycles. The summed E-state index contributed by atoms with van der Waals surface area (Å²) in [4.78, 5) is 12.7. The Morgan fingerprint density at radius 2 is 1.55 bits per heavy atom. The number of halogens is 6. The molecule has 0 bridgehead atoms. The van der Waals surface area contributed by atoms with E-state index in [9.17, 15) is 31.1 Å². The predicted octanol–water partition coefficient (Wildman–Crippen LogP) is 6.41. The van der Waals surface area contributed by atoms with Crippen molar-refractivity contribution in [3.05, 3.63) is 77.4 Å². The van der Waals surface area contributed by atoms with Gasteiger partial charge >= 0.3 is 12.4 Å². The molecule has 172 valence electrons. The Hall–Kier alpha value is -3.69. The Bertz CT molecular complexity index is 1200. The number of nitrogens with one attached hydrogen (secondary N) is 1. The second kappa shape index (κ2) is 8.34. The largest absolute Gasteiger partial charge is 0.486 e. The molecule has 0 radical (unpaired) electrons. The predicted molar refractivity (Wildman–Crippen MR) is 107 cm³/mol. The Balaban J connectivity index is 1.69. The second-order valence-electron chi connectivity index (χ2n) is 7.12. The molecule has 0 aromatic heterocycles. The highest BCUT2D eigenvalue weighted by atomic mass is 19.4. The molecule has 3 aromatic rings. The monoisotopic (exact) mass is 467 g/mol. The lowest BCUT2D eigenvalue weighted by molar-refractivity contribution is -0.137. The van der Waals surface area contributed by atoms with E-state index in [2.05, 4.69) is 5.32 Å². The summed E-state index contributed by atoms with van der Waals surface area (Å²) in [6, 6.07) is 11.1. The van der Waals surface area contributed by atoms with Gasteiger partial charge in [0.2, 0.25) is 0 Å². The molecule has 3 aromatic carbocycles. The normalized spacial score (nSPS) is 13.5. The Kier molecular flexibility index (Phi) is 5.69. The lowest BCUT2D eigenvalue weighted by Gasteiger charge is -2.21. The number of anilines is 1. The first-order valence-corrected chi connectivity index (χ1v) is 9.63. The summed E-state index contributed by atoms with van der Waals surface area (Å²) in [5.41, 5.74) is -3.06. The Morgan fingerprint density at radius 3 is 2.27 bits per heavy atom. The SMILES string of the molecule is O=C(Nc1ccc(-c2cccc(C(F)(F)F)c2)c(C(F)(F)F)c1)c1cccc2c1OCCO2. The van der Waals surface area contributed by atoms with Crippen LogP contribution >= 0.6 is 0 Å². The molecule has 4 rings (SSSR count). The number of amides is 1. The highest BCUT2D eigenvalue weighted by Crippen LogP contribution is 2.41. The first-order valence-electron chi connectivity index (χ1n) is 9.63. The second-order valence-corrected chi connectivity index (χ2v) is 7.12. The van der Waals surface area contributed by atoms with Crippen molar-refractivity contribution in [2.45, 2.75) is 12.4 Å². The molecule has 1 heterocycles. The van der Waals surface area contributed by atoms with Crippen LogP contribution in [0.2, 0.25) is 0 Å². The van der Waals surface area contributed by atoms with E-state index in [0.29, 0.717) is 24.5 Å². The summed E-state index contributed by atoms with van der Waals surface area (Å²) in [6.45, 7) is 0.505. The molecule has 0 aliphatic carbocycles. The summed E-state index contributed by atoms with van der Waals surface area (Å²) in [5.74, 6) is -0.208. The standard InChI is InChI=1S/C23H15F6NO3/c24-22(25,26)14-4-1-3-13(11-14)16-8-7-15(12-18(16)23(27,28)29)30-21(31)17-5-2-6-19-20(17)33-10-9-32-19/h1-8,11-12H,9-10H2,(H,30,31). The Morgan fingerprint density at radius 1 is 0.818 bits per heavy atom. The van der Waals surface area contributed by atoms with Gasteiger partial charge in [-0.25, -0.2) is 0 Å². The lowest BCUT2D eigenvalue weighted by atomic mass is 9.97. The fraction of sp³-hybridized carbons (Fsp3) is 0.174. The highest BCUT2D eigenvalue weighted by Gasteiger charge is 2.35. The van der Waals surface area contributed by atoms with Crippen LogP contribution in [0.5, 0.6) is 11.5 Å². The zero-order valence-electron chi connectivity index (χ0n) is 16.7. The molecular weight excluding hydrogens is 452 g/mol. The van der Waals surface area contributed by atoms with Gasteiger partial charge in [0.15, 0.2) is 11.5 Å². The lowest BCUT2D eigenvalue weighted by Crippen LogP contribution is -2.20. The van der Waals surface area contributed by atoms with Crippen LogP contribution in [0.1, 0.15) is 21.5 Å². The molecule has 1 amide bonds. The van der Waals surface area contributed by atoms with Crippen molar-refractivity contribution in [2.75, 3.05) is 18.5 Å². The van der Waals surface area contributed by atoms with Crippen molar-refractivity contribution in [3.8, 4) is 22.6 Å². The van der Waals surface area contributed by atoms with Gasteiger partial charge in [-0.2, -0.15) is 26.3 Å². The van der Waals surface area contributed by atoms with Crippen LogP contribution in [0.4, 0.5) is 32.0 Å². The van der Waals surface area contributed by atoms with E-state index in [1.165, 1.54) is 12.1 Å². The van der Waals surface area contributed by atoms with Gasteiger partial charge in [0, 0.05) is 5.69 Å². The summed E-state index contributed by atoms with van der Waals surface area (Å²) in [7, 11) is 0. The number of hydrogen-bond acceptors (Lipinski definition) is 3. The molecule has 4 nitrogen and oxygen atoms in total. The first-order chi connectivity index (χ1) is 15.5. The van der Waals surface area contributed by atoms with E-state index in [1.54, 1.807) is 12.1 Å². The van der Waals surface area contributed by atoms with Gasteiger partial charge in [0.1, 0.15) is 13.2 Å². The summed E-state index contributed by atoms with van der Waals surface area (Å²) < 4.78 is 91.2. The number of carbonyl (C=O) groups is 1. The van der Waals surface area contributed by atoms with Crippen LogP contribution in [-0.4, -0.2) is 19.1 Å². The topological polar surface area (TPSA) is 47.6 Å². The van der Waals surface area contributed by atoms with Gasteiger partial charge < -0.3 is 14.8 Å². The quantitative estimate of drug-likeness (QED) is 0.453. The minimum Gasteiger partial charge on any atom is -0.486 e. The average molecular weight is 467 g/mol. The molecule has 0 saturated heterocycles. The van der Waals surface area contributed by atoms with E-state index < -0.39 is 35.0 Å². The van der Waals surface area contributed by atoms with Gasteiger partial charge in [0.25, 0.3) is 5.91 Å². The van der Waals surface area contributed by atoms with Crippen molar-refractivity contribution in [1.29, 1.82) is 0 Å². The number of benzene rings is 3. The average Bonchev–Trinajstić information content (AvgIpc) is 2.77. The highest BCUT2D eigenvalue weighted by molar-refractivity contribution is 6.07. The van der Waals surface area contributed by atoms with Crippen LogP contribution in [0, 0.1) is 0 Å². The van der Waals surface area contributed by atoms with E-state index in [-0.39, 0.29) is 29.2 Å². The number of ether oxygens (including phenoxy) is 2. The molecular formula is C23H15F6NO3. The number of rotatable bonds is 3. The van der Waals surface area contributed by atoms with E-state index >= 15 is 0 Å². The summed E-state index contributed by atoms with van der Waals surface area (Å²) in [5, 5.41) is 2.38. The van der Waals surface area contributed by atoms with Crippen molar-refractivity contribution >= 4 is 11.6 Å². The van der Waals surface area contributed by atoms with E-state index in [1.807, 2.05) is 0 Å². The van der Waals surface area contributed by atoms with Gasteiger partial charge in [-0.1, -0.05) is 24.3 Å². The fourth-order valence-corrected chi connectivity index (χ4v) is 3.42. The number of fused-ring (bicyclic) bond motifs is 1. The number of carbonyl (C=O) groups excluding carboxylic acids is 1. The van der Waals surface area contributed by atoms with Crippen molar-refractivity contribution in [1.82, 2.24) is 0 Å². The number of para-hydroxylation sites is 1. The third-order valence-electron chi connectivity index (χ3n) is 4.89. The minimum absolute atomic E-state index is 0.0720. The summed E-state index contributed by atoms with van der Waals surface area (Å²) in [6.07, 6.45) is -9.59. The smallest absolute Gasteiger partial charge is 0.417 e. The van der Waals surface area contributed by atoms with Gasteiger partial charge in [0.05, 0.1) is 16.7 Å². The molecule has 33 heavy (non-hydrogen) atoms. The molecule has 10 heteroatoms. The zero-order chi connectivity index (χ0) is 23.8. The van der Waals surface area contributed by atoms with E-state index in [0.717, 1.165) is 24.3 Å². The van der Waals surface area contributed by atoms with Crippen LogP contribution < -0.4 is 14.8 Å². The third kappa shape index (κ3) is 4.74. The molecule has 0 fully saturated rings. The Labute approximate surface area is 183 Å². The molecule has 1 N–H and O–H groups in total. The molecule has 0 spiro atoms. The maximum atomic E-state index is 13.8. The number of alkyl halides is 6. The molecule has 0 atom stereocenters. The molecule has 1 aliphatic rings. The minimum atomic E-state index is -4.88. The van der Waals surface area contributed by atoms with Gasteiger partial charge in [-0.15, -0.1) is 0 Å². The fourth-order valence-electron chi connectivity index (χ4n) is 3.42. The zero-order valence-corrected chi connectivity index (χ0v) is 16.7. The van der Waals surface area contributed by atoms with Crippen LogP contribution in [0.3, 0.4) is 0 Å². The van der Waals surface area contributed by atoms with Crippen molar-refractivity contribution in [2.24, 2.45) is 0 Å². The number of hydrogen-bond donors (Lipinski definition) is 1. The summed E-state index contributed by atoms with van der Waals surface area (Å²) >= 11 is 0. The maximum Gasteiger partial charge on any atom is 0.417 e. The first kappa shape index (κ1) is 22.5.